The number of nitrogens with zero attached hydrogens (tertiary/aromatic N) is 1. The van der Waals surface area contributed by atoms with Crippen molar-refractivity contribution in [2.75, 3.05) is 7.05 Å². The normalized spacial score (nSPS) is 13.7. The number of carbonyl (C=O) groups excluding carboxylic acids is 1. The first-order valence-electron chi connectivity index (χ1n) is 6.48. The second kappa shape index (κ2) is 6.41. The molecule has 1 amide bonds. The number of carboxylic acids is 1. The summed E-state index contributed by atoms with van der Waals surface area (Å²) in [5.41, 5.74) is -0.441. The minimum absolute atomic E-state index is 0.123. The molecule has 0 bridgehead atoms. The number of hydrogen-bond acceptors (Lipinski definition) is 3. The third kappa shape index (κ3) is 3.29. The van der Waals surface area contributed by atoms with Crippen LogP contribution in [0.1, 0.15) is 26.3 Å². The first-order chi connectivity index (χ1) is 9.30. The third-order valence-electron chi connectivity index (χ3n) is 3.73. The van der Waals surface area contributed by atoms with Gasteiger partial charge in [0.05, 0.1) is 0 Å². The zero-order valence-corrected chi connectivity index (χ0v) is 12.3. The van der Waals surface area contributed by atoms with E-state index >= 15 is 0 Å². The Labute approximate surface area is 119 Å². The Morgan fingerprint density at radius 2 is 1.85 bits per heavy atom. The molecule has 110 valence electrons. The van der Waals surface area contributed by atoms with Gasteiger partial charge in [-0.2, -0.15) is 0 Å². The molecule has 5 nitrogen and oxygen atoms in total. The van der Waals surface area contributed by atoms with Crippen LogP contribution in [0.3, 0.4) is 0 Å². The summed E-state index contributed by atoms with van der Waals surface area (Å²) in [6, 6.07) is 9.25. The maximum atomic E-state index is 12.0. The van der Waals surface area contributed by atoms with Gasteiger partial charge in [-0.15, -0.1) is 0 Å². The maximum Gasteiger partial charge on any atom is 0.410 e. The SMILES string of the molecule is CC(C)C(C)(C(=O)O)N(C)C(=O)OCc1ccccc1. The molecule has 0 radical (unpaired) electrons. The van der Waals surface area contributed by atoms with E-state index in [0.29, 0.717) is 0 Å². The lowest BCUT2D eigenvalue weighted by atomic mass is 9.87. The van der Waals surface area contributed by atoms with Crippen molar-refractivity contribution < 1.29 is 19.4 Å². The van der Waals surface area contributed by atoms with Gasteiger partial charge in [-0.05, 0) is 18.4 Å². The van der Waals surface area contributed by atoms with Gasteiger partial charge in [0.15, 0.2) is 0 Å². The first-order valence-corrected chi connectivity index (χ1v) is 6.48. The van der Waals surface area contributed by atoms with Crippen molar-refractivity contribution in [2.45, 2.75) is 32.9 Å². The molecule has 1 atom stereocenters. The van der Waals surface area contributed by atoms with Gasteiger partial charge in [0.2, 0.25) is 0 Å². The highest BCUT2D eigenvalue weighted by molar-refractivity contribution is 5.84. The minimum Gasteiger partial charge on any atom is -0.479 e. The van der Waals surface area contributed by atoms with E-state index in [-0.39, 0.29) is 12.5 Å². The summed E-state index contributed by atoms with van der Waals surface area (Å²) in [6.07, 6.45) is -0.646. The number of ether oxygens (including phenoxy) is 1. The Morgan fingerprint density at radius 1 is 1.30 bits per heavy atom. The van der Waals surface area contributed by atoms with Gasteiger partial charge in [-0.25, -0.2) is 9.59 Å². The fourth-order valence-electron chi connectivity index (χ4n) is 1.78. The number of carbonyl (C=O) groups is 2. The fraction of sp³-hybridized carbons (Fsp3) is 0.467. The van der Waals surface area contributed by atoms with Crippen molar-refractivity contribution in [3.05, 3.63) is 35.9 Å². The molecule has 0 aliphatic rings. The lowest BCUT2D eigenvalue weighted by Gasteiger charge is -2.37. The van der Waals surface area contributed by atoms with E-state index in [9.17, 15) is 14.7 Å². The average Bonchev–Trinajstić information content (AvgIpc) is 2.43. The van der Waals surface area contributed by atoms with Crippen LogP contribution in [-0.4, -0.2) is 34.7 Å². The monoisotopic (exact) mass is 279 g/mol. The minimum atomic E-state index is -1.30. The molecule has 0 spiro atoms. The van der Waals surface area contributed by atoms with Gasteiger partial charge in [0.1, 0.15) is 12.1 Å². The van der Waals surface area contributed by atoms with Gasteiger partial charge in [0.25, 0.3) is 0 Å². The first kappa shape index (κ1) is 16.0. The van der Waals surface area contributed by atoms with E-state index in [1.54, 1.807) is 13.8 Å². The van der Waals surface area contributed by atoms with Crippen molar-refractivity contribution in [3.63, 3.8) is 0 Å². The van der Waals surface area contributed by atoms with E-state index in [2.05, 4.69) is 0 Å². The predicted octanol–water partition coefficient (Wildman–Crippen LogP) is 2.75. The van der Waals surface area contributed by atoms with Gasteiger partial charge in [-0.3, -0.25) is 4.90 Å². The molecule has 1 rings (SSSR count). The molecule has 5 heteroatoms. The molecular weight excluding hydrogens is 258 g/mol. The van der Waals surface area contributed by atoms with E-state index in [0.717, 1.165) is 10.5 Å². The fourth-order valence-corrected chi connectivity index (χ4v) is 1.78. The van der Waals surface area contributed by atoms with Crippen molar-refractivity contribution in [1.29, 1.82) is 0 Å². The topological polar surface area (TPSA) is 66.8 Å². The Kier molecular flexibility index (Phi) is 5.13. The Hall–Kier alpha value is -2.04. The summed E-state index contributed by atoms with van der Waals surface area (Å²) < 4.78 is 5.16. The van der Waals surface area contributed by atoms with E-state index in [1.807, 2.05) is 30.3 Å². The molecule has 0 heterocycles. The average molecular weight is 279 g/mol. The molecule has 0 aliphatic carbocycles. The summed E-state index contributed by atoms with van der Waals surface area (Å²) in [5.74, 6) is -1.29. The van der Waals surface area contributed by atoms with Crippen LogP contribution in [0.25, 0.3) is 0 Å². The Balaban J connectivity index is 2.73. The second-order valence-corrected chi connectivity index (χ2v) is 5.21. The molecule has 0 aliphatic heterocycles. The number of hydrogen-bond donors (Lipinski definition) is 1. The van der Waals surface area contributed by atoms with Crippen LogP contribution in [0.4, 0.5) is 4.79 Å². The number of rotatable bonds is 5. The van der Waals surface area contributed by atoms with Gasteiger partial charge in [-0.1, -0.05) is 44.2 Å². The quantitative estimate of drug-likeness (QED) is 0.900. The molecule has 0 saturated heterocycles. The summed E-state index contributed by atoms with van der Waals surface area (Å²) >= 11 is 0. The molecular formula is C15H21NO4. The van der Waals surface area contributed by atoms with Crippen LogP contribution in [0.15, 0.2) is 30.3 Å². The van der Waals surface area contributed by atoms with Crippen LogP contribution in [0, 0.1) is 5.92 Å². The largest absolute Gasteiger partial charge is 0.479 e. The summed E-state index contributed by atoms with van der Waals surface area (Å²) in [5, 5.41) is 9.36. The standard InChI is InChI=1S/C15H21NO4/c1-11(2)15(3,13(17)18)16(4)14(19)20-10-12-8-6-5-7-9-12/h5-9,11H,10H2,1-4H3,(H,17,18). The lowest BCUT2D eigenvalue weighted by Crippen LogP contribution is -2.56. The lowest BCUT2D eigenvalue weighted by molar-refractivity contribution is -0.151. The zero-order valence-electron chi connectivity index (χ0n) is 12.3. The van der Waals surface area contributed by atoms with Crippen molar-refractivity contribution in [3.8, 4) is 0 Å². The highest BCUT2D eigenvalue weighted by atomic mass is 16.6. The third-order valence-corrected chi connectivity index (χ3v) is 3.73. The van der Waals surface area contributed by atoms with E-state index < -0.39 is 17.6 Å². The molecule has 0 aromatic heterocycles. The molecule has 1 N–H and O–H groups in total. The molecule has 20 heavy (non-hydrogen) atoms. The zero-order chi connectivity index (χ0) is 15.3. The van der Waals surface area contributed by atoms with E-state index in [4.69, 9.17) is 4.74 Å². The van der Waals surface area contributed by atoms with Crippen molar-refractivity contribution in [1.82, 2.24) is 4.90 Å². The highest BCUT2D eigenvalue weighted by Crippen LogP contribution is 2.24. The highest BCUT2D eigenvalue weighted by Gasteiger charge is 2.43. The van der Waals surface area contributed by atoms with Gasteiger partial charge < -0.3 is 9.84 Å². The van der Waals surface area contributed by atoms with Gasteiger partial charge >= 0.3 is 12.1 Å². The molecule has 0 fully saturated rings. The Morgan fingerprint density at radius 3 is 2.30 bits per heavy atom. The molecule has 1 unspecified atom stereocenters. The predicted molar refractivity (Wildman–Crippen MR) is 75.3 cm³/mol. The van der Waals surface area contributed by atoms with Crippen LogP contribution < -0.4 is 0 Å². The molecule has 1 aromatic carbocycles. The van der Waals surface area contributed by atoms with Crippen LogP contribution in [-0.2, 0) is 16.1 Å². The van der Waals surface area contributed by atoms with Crippen LogP contribution in [0.5, 0.6) is 0 Å². The van der Waals surface area contributed by atoms with Crippen LogP contribution >= 0.6 is 0 Å². The number of benzene rings is 1. The molecule has 1 aromatic rings. The number of amides is 1. The molecule has 0 saturated carbocycles. The second-order valence-electron chi connectivity index (χ2n) is 5.21. The smallest absolute Gasteiger partial charge is 0.410 e. The number of aliphatic carboxylic acids is 1. The van der Waals surface area contributed by atoms with Crippen molar-refractivity contribution in [2.24, 2.45) is 5.92 Å². The van der Waals surface area contributed by atoms with Crippen LogP contribution in [0.2, 0.25) is 0 Å². The van der Waals surface area contributed by atoms with Gasteiger partial charge in [0, 0.05) is 7.05 Å². The van der Waals surface area contributed by atoms with E-state index in [1.165, 1.54) is 14.0 Å². The maximum absolute atomic E-state index is 12.0. The van der Waals surface area contributed by atoms with Crippen molar-refractivity contribution >= 4 is 12.1 Å². The summed E-state index contributed by atoms with van der Waals surface area (Å²) in [7, 11) is 1.45. The number of likely N-dealkylation sites (N-methyl/N-ethyl adjacent to an activating group) is 1. The summed E-state index contributed by atoms with van der Waals surface area (Å²) in [6.45, 7) is 5.16. The number of carboxylic acid groups (broad SMARTS) is 1. The Bertz CT molecular complexity index is 472. The summed E-state index contributed by atoms with van der Waals surface area (Å²) in [4.78, 5) is 24.6.